The lowest BCUT2D eigenvalue weighted by Crippen LogP contribution is -2.42. The molecule has 1 heterocycles. The highest BCUT2D eigenvalue weighted by Crippen LogP contribution is 2.30. The van der Waals surface area contributed by atoms with Gasteiger partial charge in [0.1, 0.15) is 11.3 Å². The Morgan fingerprint density at radius 3 is 2.44 bits per heavy atom. The van der Waals surface area contributed by atoms with Gasteiger partial charge in [-0.3, -0.25) is 4.90 Å². The summed E-state index contributed by atoms with van der Waals surface area (Å²) < 4.78 is 17.6. The van der Waals surface area contributed by atoms with E-state index in [0.717, 1.165) is 10.2 Å². The number of para-hydroxylation sites is 1. The lowest BCUT2D eigenvalue weighted by Gasteiger charge is -2.34. The van der Waals surface area contributed by atoms with Crippen LogP contribution in [-0.2, 0) is 9.47 Å². The lowest BCUT2D eigenvalue weighted by atomic mass is 10.2. The number of anilines is 1. The number of hydrogen-bond donors (Lipinski definition) is 1. The molecule has 1 N–H and O–H groups in total. The second-order valence-corrected chi connectivity index (χ2v) is 6.37. The van der Waals surface area contributed by atoms with Gasteiger partial charge in [0.05, 0.1) is 20.3 Å². The number of carbonyl (C=O) groups is 1. The van der Waals surface area contributed by atoms with Gasteiger partial charge in [0.2, 0.25) is 11.8 Å². The second kappa shape index (κ2) is 8.13. The van der Waals surface area contributed by atoms with Crippen molar-refractivity contribution < 1.29 is 24.1 Å². The predicted molar refractivity (Wildman–Crippen MR) is 104 cm³/mol. The van der Waals surface area contributed by atoms with Crippen LogP contribution in [0.5, 0.6) is 5.75 Å². The predicted octanol–water partition coefficient (Wildman–Crippen LogP) is 3.86. The van der Waals surface area contributed by atoms with Gasteiger partial charge in [0.15, 0.2) is 0 Å². The van der Waals surface area contributed by atoms with Gasteiger partial charge in [-0.05, 0) is 36.4 Å². The summed E-state index contributed by atoms with van der Waals surface area (Å²) in [6, 6.07) is 13.9. The summed E-state index contributed by atoms with van der Waals surface area (Å²) in [4.78, 5) is 17.6. The summed E-state index contributed by atoms with van der Waals surface area (Å²) in [6.45, 7) is 0. The van der Waals surface area contributed by atoms with E-state index in [4.69, 9.17) is 14.2 Å². The molecule has 7 nitrogen and oxygen atoms in total. The molecule has 27 heavy (non-hydrogen) atoms. The van der Waals surface area contributed by atoms with Crippen molar-refractivity contribution in [3.05, 3.63) is 70.5 Å². The average molecular weight is 433 g/mol. The molecule has 2 aromatic carbocycles. The summed E-state index contributed by atoms with van der Waals surface area (Å²) in [6.07, 6.45) is 0.715. The molecular weight excluding hydrogens is 416 g/mol. The van der Waals surface area contributed by atoms with Crippen LogP contribution in [0.2, 0.25) is 0 Å². The zero-order chi connectivity index (χ0) is 19.4. The van der Waals surface area contributed by atoms with E-state index in [1.165, 1.54) is 20.3 Å². The molecule has 3 rings (SSSR count). The van der Waals surface area contributed by atoms with Crippen molar-refractivity contribution >= 4 is 33.5 Å². The summed E-state index contributed by atoms with van der Waals surface area (Å²) in [5, 5.41) is 9.41. The van der Waals surface area contributed by atoms with Crippen LogP contribution in [0, 0.1) is 0 Å². The number of nitrogens with zero attached hydrogens (tertiary/aromatic N) is 2. The number of hydrogen-bond acceptors (Lipinski definition) is 6. The van der Waals surface area contributed by atoms with Crippen molar-refractivity contribution in [3.63, 3.8) is 0 Å². The van der Waals surface area contributed by atoms with E-state index >= 15 is 0 Å². The van der Waals surface area contributed by atoms with Crippen molar-refractivity contribution in [1.29, 1.82) is 0 Å². The first-order valence-corrected chi connectivity index (χ1v) is 8.74. The molecule has 1 aliphatic rings. The highest BCUT2D eigenvalue weighted by Gasteiger charge is 2.30. The number of aromatic carboxylic acids is 1. The van der Waals surface area contributed by atoms with Gasteiger partial charge in [-0.15, -0.1) is 0 Å². The third-order valence-electron chi connectivity index (χ3n) is 3.82. The Morgan fingerprint density at radius 1 is 1.11 bits per heavy atom. The summed E-state index contributed by atoms with van der Waals surface area (Å²) in [5.41, 5.74) is 0.791. The van der Waals surface area contributed by atoms with E-state index < -0.39 is 12.3 Å². The standard InChI is InChI=1S/C19H17BrN2O5/c1-25-16-11-17(26-2)22(13-9-7-12(20)8-10-13)19(21-16)27-15-6-4-3-5-14(15)18(23)24/h3-11,19H,1-2H3,(H,23,24). The Bertz CT molecular complexity index is 895. The number of carboxylic acid groups (broad SMARTS) is 1. The number of methoxy groups -OCH3 is 2. The van der Waals surface area contributed by atoms with Crippen LogP contribution in [0.15, 0.2) is 70.0 Å². The number of rotatable bonds is 5. The molecule has 0 aliphatic carbocycles. The Morgan fingerprint density at radius 2 is 1.81 bits per heavy atom. The van der Waals surface area contributed by atoms with Crippen LogP contribution in [-0.4, -0.2) is 37.5 Å². The quantitative estimate of drug-likeness (QED) is 0.772. The summed E-state index contributed by atoms with van der Waals surface area (Å²) >= 11 is 3.41. The topological polar surface area (TPSA) is 80.6 Å². The Balaban J connectivity index is 2.03. The minimum atomic E-state index is -1.09. The van der Waals surface area contributed by atoms with Crippen molar-refractivity contribution in [2.24, 2.45) is 4.99 Å². The van der Waals surface area contributed by atoms with Crippen LogP contribution < -0.4 is 9.64 Å². The smallest absolute Gasteiger partial charge is 0.339 e. The molecule has 2 aromatic rings. The molecule has 8 heteroatoms. The molecule has 1 atom stereocenters. The first-order valence-electron chi connectivity index (χ1n) is 7.94. The van der Waals surface area contributed by atoms with Crippen LogP contribution >= 0.6 is 15.9 Å². The molecule has 0 fully saturated rings. The van der Waals surface area contributed by atoms with Crippen LogP contribution in [0.25, 0.3) is 0 Å². The monoisotopic (exact) mass is 432 g/mol. The van der Waals surface area contributed by atoms with E-state index in [2.05, 4.69) is 20.9 Å². The minimum absolute atomic E-state index is 0.0379. The average Bonchev–Trinajstić information content (AvgIpc) is 2.68. The van der Waals surface area contributed by atoms with Gasteiger partial charge in [-0.2, -0.15) is 4.99 Å². The van der Waals surface area contributed by atoms with E-state index in [9.17, 15) is 9.90 Å². The number of aliphatic imine (C=N–C) groups is 1. The van der Waals surface area contributed by atoms with E-state index in [1.807, 2.05) is 24.3 Å². The number of ether oxygens (including phenoxy) is 3. The normalized spacial score (nSPS) is 16.3. The second-order valence-electron chi connectivity index (χ2n) is 5.45. The van der Waals surface area contributed by atoms with Crippen molar-refractivity contribution in [2.75, 3.05) is 19.1 Å². The van der Waals surface area contributed by atoms with E-state index in [0.29, 0.717) is 11.8 Å². The third kappa shape index (κ3) is 4.06. The zero-order valence-corrected chi connectivity index (χ0v) is 16.2. The maximum Gasteiger partial charge on any atom is 0.339 e. The first-order chi connectivity index (χ1) is 13.0. The van der Waals surface area contributed by atoms with Gasteiger partial charge in [0.25, 0.3) is 6.35 Å². The molecule has 1 aliphatic heterocycles. The molecule has 0 saturated heterocycles. The highest BCUT2D eigenvalue weighted by molar-refractivity contribution is 9.10. The van der Waals surface area contributed by atoms with Crippen molar-refractivity contribution in [1.82, 2.24) is 0 Å². The van der Waals surface area contributed by atoms with Crippen LogP contribution in [0.4, 0.5) is 5.69 Å². The molecule has 0 aromatic heterocycles. The fraction of sp³-hybridized carbons (Fsp3) is 0.158. The fourth-order valence-corrected chi connectivity index (χ4v) is 2.82. The Labute approximate surface area is 164 Å². The minimum Gasteiger partial charge on any atom is -0.482 e. The van der Waals surface area contributed by atoms with Gasteiger partial charge in [-0.25, -0.2) is 4.79 Å². The summed E-state index contributed by atoms with van der Waals surface area (Å²) in [5.74, 6) is -0.149. The molecule has 0 saturated carbocycles. The molecule has 0 spiro atoms. The first kappa shape index (κ1) is 18.8. The van der Waals surface area contributed by atoms with E-state index in [-0.39, 0.29) is 11.3 Å². The number of halogens is 1. The van der Waals surface area contributed by atoms with Crippen molar-refractivity contribution in [2.45, 2.75) is 6.35 Å². The SMILES string of the molecule is COC1=CC(OC)=NC(Oc2ccccc2C(=O)O)N1c1ccc(Br)cc1. The van der Waals surface area contributed by atoms with Crippen molar-refractivity contribution in [3.8, 4) is 5.75 Å². The van der Waals surface area contributed by atoms with Crippen LogP contribution in [0.1, 0.15) is 10.4 Å². The van der Waals surface area contributed by atoms with Gasteiger partial charge in [-0.1, -0.05) is 28.1 Å². The van der Waals surface area contributed by atoms with Gasteiger partial charge >= 0.3 is 5.97 Å². The number of benzene rings is 2. The fourth-order valence-electron chi connectivity index (χ4n) is 2.55. The third-order valence-corrected chi connectivity index (χ3v) is 4.34. The molecule has 0 bridgehead atoms. The van der Waals surface area contributed by atoms with Gasteiger partial charge < -0.3 is 19.3 Å². The largest absolute Gasteiger partial charge is 0.482 e. The zero-order valence-electron chi connectivity index (χ0n) is 14.6. The maximum absolute atomic E-state index is 11.5. The molecule has 140 valence electrons. The maximum atomic E-state index is 11.5. The van der Waals surface area contributed by atoms with Crippen LogP contribution in [0.3, 0.4) is 0 Å². The highest BCUT2D eigenvalue weighted by atomic mass is 79.9. The lowest BCUT2D eigenvalue weighted by molar-refractivity contribution is 0.0688. The molecule has 0 radical (unpaired) electrons. The molecule has 0 amide bonds. The Kier molecular flexibility index (Phi) is 5.66. The van der Waals surface area contributed by atoms with Gasteiger partial charge in [0, 0.05) is 10.2 Å². The molecule has 1 unspecified atom stereocenters. The van der Waals surface area contributed by atoms with E-state index in [1.54, 1.807) is 29.2 Å². The molecular formula is C19H17BrN2O5. The summed E-state index contributed by atoms with van der Waals surface area (Å²) in [7, 11) is 3.01. The Hall–Kier alpha value is -3.00. The number of carboxylic acids is 1.